The van der Waals surface area contributed by atoms with Crippen LogP contribution in [0.1, 0.15) is 21.5 Å². The normalized spacial score (nSPS) is 14.1. The van der Waals surface area contributed by atoms with Crippen molar-refractivity contribution in [3.8, 4) is 5.75 Å². The fourth-order valence-corrected chi connectivity index (χ4v) is 4.41. The van der Waals surface area contributed by atoms with Gasteiger partial charge in [-0.3, -0.25) is 4.79 Å². The number of para-hydroxylation sites is 2. The molecule has 0 bridgehead atoms. The molecule has 7 nitrogen and oxygen atoms in total. The van der Waals surface area contributed by atoms with Crippen LogP contribution in [0.3, 0.4) is 0 Å². The molecular formula is C29H29N3O4. The van der Waals surface area contributed by atoms with E-state index in [9.17, 15) is 9.59 Å². The highest BCUT2D eigenvalue weighted by Gasteiger charge is 2.18. The van der Waals surface area contributed by atoms with E-state index in [1.807, 2.05) is 49.4 Å². The predicted molar refractivity (Wildman–Crippen MR) is 142 cm³/mol. The Balaban J connectivity index is 1.23. The molecule has 1 fully saturated rings. The average molecular weight is 484 g/mol. The molecule has 1 aromatic heterocycles. The molecule has 7 heteroatoms. The van der Waals surface area contributed by atoms with Crippen LogP contribution < -0.4 is 20.6 Å². The number of nitrogens with zero attached hydrogens (tertiary/aromatic N) is 2. The standard InChI is InChI=1S/C29H29N3O4/c1-20-17-28(33)36-27-18-23(11-12-24(20)27)35-19-21-7-9-22(10-8-21)29(34)30-25-5-3-4-6-26(25)32-15-13-31(2)14-16-32/h3-12,17-18H,13-16,19H2,1-2H3,(H,30,34). The molecule has 1 aliphatic heterocycles. The molecule has 0 radical (unpaired) electrons. The highest BCUT2D eigenvalue weighted by molar-refractivity contribution is 6.06. The first kappa shape index (κ1) is 23.6. The fraction of sp³-hybridized carbons (Fsp3) is 0.241. The zero-order valence-electron chi connectivity index (χ0n) is 20.5. The van der Waals surface area contributed by atoms with Crippen LogP contribution in [0.15, 0.2) is 82.0 Å². The molecule has 1 N–H and O–H groups in total. The highest BCUT2D eigenvalue weighted by atomic mass is 16.5. The zero-order valence-corrected chi connectivity index (χ0v) is 20.5. The summed E-state index contributed by atoms with van der Waals surface area (Å²) in [6, 6.07) is 22.3. The van der Waals surface area contributed by atoms with Crippen molar-refractivity contribution in [1.29, 1.82) is 0 Å². The van der Waals surface area contributed by atoms with Gasteiger partial charge in [0, 0.05) is 49.3 Å². The van der Waals surface area contributed by atoms with Gasteiger partial charge in [-0.15, -0.1) is 0 Å². The number of ether oxygens (including phenoxy) is 1. The van der Waals surface area contributed by atoms with Gasteiger partial charge in [0.1, 0.15) is 17.9 Å². The Morgan fingerprint density at radius 1 is 0.972 bits per heavy atom. The SMILES string of the molecule is Cc1cc(=O)oc2cc(OCc3ccc(C(=O)Nc4ccccc4N4CCN(C)CC4)cc3)ccc12. The molecule has 0 unspecified atom stereocenters. The van der Waals surface area contributed by atoms with E-state index in [-0.39, 0.29) is 11.5 Å². The zero-order chi connectivity index (χ0) is 25.1. The number of hydrogen-bond acceptors (Lipinski definition) is 6. The molecule has 184 valence electrons. The van der Waals surface area contributed by atoms with Crippen LogP contribution in [0.4, 0.5) is 11.4 Å². The molecule has 0 atom stereocenters. The molecule has 1 saturated heterocycles. The van der Waals surface area contributed by atoms with E-state index in [1.54, 1.807) is 18.2 Å². The Bertz CT molecular complexity index is 1440. The Labute approximate surface area is 209 Å². The monoisotopic (exact) mass is 483 g/mol. The molecule has 0 saturated carbocycles. The second-order valence-corrected chi connectivity index (χ2v) is 9.15. The number of carbonyl (C=O) groups is 1. The third-order valence-electron chi connectivity index (χ3n) is 6.54. The summed E-state index contributed by atoms with van der Waals surface area (Å²) in [4.78, 5) is 29.3. The third-order valence-corrected chi connectivity index (χ3v) is 6.54. The number of anilines is 2. The Morgan fingerprint density at radius 3 is 2.50 bits per heavy atom. The van der Waals surface area contributed by atoms with Gasteiger partial charge in [0.15, 0.2) is 0 Å². The van der Waals surface area contributed by atoms with E-state index in [0.29, 0.717) is 23.5 Å². The number of hydrogen-bond donors (Lipinski definition) is 1. The van der Waals surface area contributed by atoms with Crippen LogP contribution in [-0.4, -0.2) is 44.0 Å². The number of fused-ring (bicyclic) bond motifs is 1. The van der Waals surface area contributed by atoms with Gasteiger partial charge in [-0.1, -0.05) is 24.3 Å². The lowest BCUT2D eigenvalue weighted by molar-refractivity contribution is 0.102. The van der Waals surface area contributed by atoms with E-state index in [2.05, 4.69) is 28.2 Å². The maximum atomic E-state index is 13.0. The average Bonchev–Trinajstić information content (AvgIpc) is 2.88. The number of rotatable bonds is 6. The molecular weight excluding hydrogens is 454 g/mol. The number of benzene rings is 3. The van der Waals surface area contributed by atoms with Crippen molar-refractivity contribution in [1.82, 2.24) is 4.90 Å². The first-order valence-corrected chi connectivity index (χ1v) is 12.1. The molecule has 5 rings (SSSR count). The van der Waals surface area contributed by atoms with Crippen LogP contribution in [0.5, 0.6) is 5.75 Å². The van der Waals surface area contributed by atoms with Gasteiger partial charge in [0.2, 0.25) is 0 Å². The van der Waals surface area contributed by atoms with Crippen molar-refractivity contribution >= 4 is 28.3 Å². The van der Waals surface area contributed by atoms with E-state index in [0.717, 1.165) is 54.1 Å². The number of likely N-dealkylation sites (N-methyl/N-ethyl adjacent to an activating group) is 1. The van der Waals surface area contributed by atoms with E-state index in [4.69, 9.17) is 9.15 Å². The summed E-state index contributed by atoms with van der Waals surface area (Å²) in [5.74, 6) is 0.461. The minimum Gasteiger partial charge on any atom is -0.489 e. The highest BCUT2D eigenvalue weighted by Crippen LogP contribution is 2.27. The van der Waals surface area contributed by atoms with E-state index in [1.165, 1.54) is 6.07 Å². The lowest BCUT2D eigenvalue weighted by atomic mass is 10.1. The predicted octanol–water partition coefficient (Wildman–Crippen LogP) is 4.68. The van der Waals surface area contributed by atoms with Gasteiger partial charge in [-0.25, -0.2) is 4.79 Å². The van der Waals surface area contributed by atoms with Crippen LogP contribution >= 0.6 is 0 Å². The van der Waals surface area contributed by atoms with E-state index >= 15 is 0 Å². The number of aryl methyl sites for hydroxylation is 1. The van der Waals surface area contributed by atoms with Gasteiger partial charge in [0.25, 0.3) is 5.91 Å². The maximum Gasteiger partial charge on any atom is 0.336 e. The summed E-state index contributed by atoms with van der Waals surface area (Å²) in [5, 5.41) is 3.96. The Kier molecular flexibility index (Phi) is 6.73. The summed E-state index contributed by atoms with van der Waals surface area (Å²) in [6.45, 7) is 6.07. The van der Waals surface area contributed by atoms with Crippen LogP contribution in [0.2, 0.25) is 0 Å². The Morgan fingerprint density at radius 2 is 1.72 bits per heavy atom. The lowest BCUT2D eigenvalue weighted by Gasteiger charge is -2.35. The van der Waals surface area contributed by atoms with Crippen LogP contribution in [-0.2, 0) is 6.61 Å². The third kappa shape index (κ3) is 5.26. The quantitative estimate of drug-likeness (QED) is 0.401. The summed E-state index contributed by atoms with van der Waals surface area (Å²) in [6.07, 6.45) is 0. The largest absolute Gasteiger partial charge is 0.489 e. The first-order valence-electron chi connectivity index (χ1n) is 12.1. The summed E-state index contributed by atoms with van der Waals surface area (Å²) in [7, 11) is 2.13. The molecule has 1 amide bonds. The minimum atomic E-state index is -0.378. The topological polar surface area (TPSA) is 75.0 Å². The Hall–Kier alpha value is -4.10. The minimum absolute atomic E-state index is 0.149. The molecule has 36 heavy (non-hydrogen) atoms. The summed E-state index contributed by atoms with van der Waals surface area (Å²) < 4.78 is 11.2. The number of carbonyl (C=O) groups excluding carboxylic acids is 1. The molecule has 4 aromatic rings. The van der Waals surface area contributed by atoms with Crippen molar-refractivity contribution in [2.75, 3.05) is 43.4 Å². The van der Waals surface area contributed by atoms with Gasteiger partial charge < -0.3 is 24.3 Å². The van der Waals surface area contributed by atoms with Gasteiger partial charge in [-0.2, -0.15) is 0 Å². The van der Waals surface area contributed by atoms with Crippen LogP contribution in [0.25, 0.3) is 11.0 Å². The molecule has 1 aliphatic rings. The van der Waals surface area contributed by atoms with Gasteiger partial charge >= 0.3 is 5.63 Å². The number of piperazine rings is 1. The summed E-state index contributed by atoms with van der Waals surface area (Å²) >= 11 is 0. The number of amides is 1. The summed E-state index contributed by atoms with van der Waals surface area (Å²) in [5.41, 5.74) is 4.36. The lowest BCUT2D eigenvalue weighted by Crippen LogP contribution is -2.44. The second kappa shape index (κ2) is 10.3. The van der Waals surface area contributed by atoms with Gasteiger partial charge in [0.05, 0.1) is 11.4 Å². The van der Waals surface area contributed by atoms with Crippen molar-refractivity contribution in [3.05, 3.63) is 99.9 Å². The van der Waals surface area contributed by atoms with Gasteiger partial charge in [-0.05, 0) is 61.5 Å². The number of nitrogens with one attached hydrogen (secondary N) is 1. The molecule has 0 spiro atoms. The van der Waals surface area contributed by atoms with Crippen molar-refractivity contribution in [3.63, 3.8) is 0 Å². The van der Waals surface area contributed by atoms with E-state index < -0.39 is 0 Å². The molecule has 0 aliphatic carbocycles. The fourth-order valence-electron chi connectivity index (χ4n) is 4.41. The first-order chi connectivity index (χ1) is 17.5. The van der Waals surface area contributed by atoms with Crippen molar-refractivity contribution in [2.45, 2.75) is 13.5 Å². The molecule has 2 heterocycles. The maximum absolute atomic E-state index is 13.0. The van der Waals surface area contributed by atoms with Crippen molar-refractivity contribution in [2.24, 2.45) is 0 Å². The van der Waals surface area contributed by atoms with Crippen LogP contribution in [0, 0.1) is 6.92 Å². The smallest absolute Gasteiger partial charge is 0.336 e. The molecule has 3 aromatic carbocycles. The van der Waals surface area contributed by atoms with Crippen molar-refractivity contribution < 1.29 is 13.9 Å². The second-order valence-electron chi connectivity index (χ2n) is 9.15.